The molecule has 2 N–H and O–H groups in total. The number of benzene rings is 2. The predicted octanol–water partition coefficient (Wildman–Crippen LogP) is 7.42. The Morgan fingerprint density at radius 3 is 2.53 bits per heavy atom. The van der Waals surface area contributed by atoms with Gasteiger partial charge in [0.05, 0.1) is 30.2 Å². The predicted molar refractivity (Wildman–Crippen MR) is 171 cm³/mol. The molecule has 1 aliphatic heterocycles. The number of ether oxygens (including phenoxy) is 3. The highest BCUT2D eigenvalue weighted by molar-refractivity contribution is 6.76. The molecular weight excluding hydrogens is 596 g/mol. The van der Waals surface area contributed by atoms with Crippen molar-refractivity contribution in [3.05, 3.63) is 71.6 Å². The number of nitrogens with one attached hydrogen (secondary N) is 2. The second-order valence-electron chi connectivity index (χ2n) is 12.6. The number of fused-ring (bicyclic) bond motifs is 1. The molecule has 9 nitrogen and oxygen atoms in total. The van der Waals surface area contributed by atoms with E-state index in [0.29, 0.717) is 42.0 Å². The van der Waals surface area contributed by atoms with Crippen molar-refractivity contribution in [1.29, 1.82) is 5.26 Å². The molecule has 1 fully saturated rings. The maximum atomic E-state index is 15.4. The van der Waals surface area contributed by atoms with Gasteiger partial charge < -0.3 is 29.4 Å². The van der Waals surface area contributed by atoms with Crippen molar-refractivity contribution >= 4 is 30.8 Å². The number of carbonyl (C=O) groups excluding carboxylic acids is 1. The van der Waals surface area contributed by atoms with Crippen LogP contribution >= 0.6 is 0 Å². The van der Waals surface area contributed by atoms with Crippen LogP contribution < -0.4 is 15.4 Å². The first-order valence-corrected chi connectivity index (χ1v) is 18.5. The molecule has 1 aliphatic rings. The molecule has 1 atom stereocenters. The minimum Gasteiger partial charge on any atom is -0.450 e. The van der Waals surface area contributed by atoms with Crippen molar-refractivity contribution in [3.63, 3.8) is 0 Å². The van der Waals surface area contributed by atoms with Crippen LogP contribution in [0.3, 0.4) is 0 Å². The third-order valence-corrected chi connectivity index (χ3v) is 9.49. The highest BCUT2D eigenvalue weighted by atomic mass is 28.3. The number of hydrogen-bond donors (Lipinski definition) is 2. The summed E-state index contributed by atoms with van der Waals surface area (Å²) in [5.74, 6) is -2.20. The molecule has 1 saturated heterocycles. The van der Waals surface area contributed by atoms with Crippen molar-refractivity contribution in [2.24, 2.45) is 5.92 Å². The Bertz CT molecular complexity index is 1740. The monoisotopic (exact) mass is 633 g/mol. The smallest absolute Gasteiger partial charge is 0.319 e. The van der Waals surface area contributed by atoms with Crippen LogP contribution in [0.25, 0.3) is 22.2 Å². The normalized spacial score (nSPS) is 14.1. The largest absolute Gasteiger partial charge is 0.450 e. The molecule has 0 bridgehead atoms. The molecular formula is C33H37F2N5O4Si. The van der Waals surface area contributed by atoms with Gasteiger partial charge in [-0.25, -0.2) is 18.6 Å². The van der Waals surface area contributed by atoms with E-state index in [4.69, 9.17) is 14.2 Å². The Hall–Kier alpha value is -4.31. The molecule has 2 amide bonds. The standard InChI is InChI=1S/C33H37F2N5O4Si/c1-20-12-22(15-36)6-7-25(20)26-16-40(19-42-10-11-45(3,4)5)32-30(26)29(8-9-37-32)44-31-27(34)13-24(14-28(31)35)39-33(41)38-21(2)23-17-43-18-23/h6-9,12-14,16,21,23H,10-11,17-19H2,1-5H3,(H2,38,39,41)/t21-/m1/s1. The van der Waals surface area contributed by atoms with Gasteiger partial charge >= 0.3 is 6.03 Å². The molecule has 2 aromatic heterocycles. The Morgan fingerprint density at radius 1 is 1.18 bits per heavy atom. The zero-order valence-electron chi connectivity index (χ0n) is 26.0. The third-order valence-electron chi connectivity index (χ3n) is 7.79. The number of halogens is 2. The van der Waals surface area contributed by atoms with E-state index in [1.165, 1.54) is 6.20 Å². The van der Waals surface area contributed by atoms with Gasteiger partial charge in [-0.05, 0) is 49.2 Å². The summed E-state index contributed by atoms with van der Waals surface area (Å²) in [5.41, 5.74) is 3.34. The molecule has 0 unspecified atom stereocenters. The molecule has 4 aromatic rings. The maximum absolute atomic E-state index is 15.4. The molecule has 0 radical (unpaired) electrons. The Kier molecular flexibility index (Phi) is 9.53. The number of carbonyl (C=O) groups is 1. The van der Waals surface area contributed by atoms with Crippen molar-refractivity contribution in [1.82, 2.24) is 14.9 Å². The SMILES string of the molecule is Cc1cc(C#N)ccc1-c1cn(COCC[Si](C)(C)C)c2nccc(Oc3c(F)cc(NC(=O)N[C@H](C)C4COC4)cc3F)c12. The van der Waals surface area contributed by atoms with E-state index in [2.05, 4.69) is 41.3 Å². The zero-order chi connectivity index (χ0) is 32.3. The number of aromatic nitrogens is 2. The number of nitrogens with zero attached hydrogens (tertiary/aromatic N) is 3. The summed E-state index contributed by atoms with van der Waals surface area (Å²) in [6.07, 6.45) is 3.39. The molecule has 12 heteroatoms. The van der Waals surface area contributed by atoms with Crippen LogP contribution in [0.5, 0.6) is 11.5 Å². The van der Waals surface area contributed by atoms with Gasteiger partial charge in [0, 0.05) is 62.4 Å². The number of urea groups is 1. The van der Waals surface area contributed by atoms with Crippen LogP contribution in [0.4, 0.5) is 19.3 Å². The van der Waals surface area contributed by atoms with Crippen LogP contribution in [0.2, 0.25) is 25.7 Å². The van der Waals surface area contributed by atoms with Crippen LogP contribution in [-0.2, 0) is 16.2 Å². The third kappa shape index (κ3) is 7.50. The van der Waals surface area contributed by atoms with E-state index in [-0.39, 0.29) is 30.1 Å². The number of rotatable bonds is 11. The van der Waals surface area contributed by atoms with Crippen LogP contribution in [-0.4, -0.2) is 49.5 Å². The lowest BCUT2D eigenvalue weighted by Gasteiger charge is -2.31. The number of amides is 2. The lowest BCUT2D eigenvalue weighted by atomic mass is 9.98. The Labute approximate surface area is 262 Å². The molecule has 45 heavy (non-hydrogen) atoms. The van der Waals surface area contributed by atoms with Crippen molar-refractivity contribution in [2.75, 3.05) is 25.1 Å². The summed E-state index contributed by atoms with van der Waals surface area (Å²) in [5, 5.41) is 15.2. The van der Waals surface area contributed by atoms with Gasteiger partial charge in [-0.3, -0.25) is 0 Å². The summed E-state index contributed by atoms with van der Waals surface area (Å²) in [6.45, 7) is 12.5. The highest BCUT2D eigenvalue weighted by Gasteiger charge is 2.27. The fourth-order valence-corrected chi connectivity index (χ4v) is 5.78. The van der Waals surface area contributed by atoms with Crippen molar-refractivity contribution < 1.29 is 27.8 Å². The van der Waals surface area contributed by atoms with Gasteiger partial charge in [-0.1, -0.05) is 25.7 Å². The van der Waals surface area contributed by atoms with Crippen molar-refractivity contribution in [3.8, 4) is 28.7 Å². The van der Waals surface area contributed by atoms with E-state index in [1.54, 1.807) is 18.2 Å². The molecule has 0 saturated carbocycles. The number of anilines is 1. The van der Waals surface area contributed by atoms with Gasteiger partial charge in [-0.2, -0.15) is 5.26 Å². The quantitative estimate of drug-likeness (QED) is 0.131. The summed E-state index contributed by atoms with van der Waals surface area (Å²) in [7, 11) is -1.30. The van der Waals surface area contributed by atoms with Crippen LogP contribution in [0.1, 0.15) is 18.1 Å². The second kappa shape index (κ2) is 13.4. The van der Waals surface area contributed by atoms with Gasteiger partial charge in [0.15, 0.2) is 17.4 Å². The van der Waals surface area contributed by atoms with E-state index in [0.717, 1.165) is 29.3 Å². The fourth-order valence-electron chi connectivity index (χ4n) is 5.02. The molecule has 2 aromatic carbocycles. The number of nitriles is 1. The first kappa shape index (κ1) is 32.1. The first-order chi connectivity index (χ1) is 21.4. The summed E-state index contributed by atoms with van der Waals surface area (Å²) in [6, 6.07) is 11.3. The Morgan fingerprint density at radius 2 is 1.91 bits per heavy atom. The van der Waals surface area contributed by atoms with Gasteiger partial charge in [0.2, 0.25) is 0 Å². The fraction of sp³-hybridized carbons (Fsp3) is 0.364. The number of aryl methyl sites for hydroxylation is 1. The van der Waals surface area contributed by atoms with Crippen molar-refractivity contribution in [2.45, 2.75) is 52.3 Å². The van der Waals surface area contributed by atoms with E-state index in [1.807, 2.05) is 30.7 Å². The average molecular weight is 634 g/mol. The molecule has 0 aliphatic carbocycles. The van der Waals surface area contributed by atoms with Gasteiger partial charge in [-0.15, -0.1) is 0 Å². The van der Waals surface area contributed by atoms with Gasteiger partial charge in [0.1, 0.15) is 18.1 Å². The summed E-state index contributed by atoms with van der Waals surface area (Å²) < 4.78 is 49.7. The summed E-state index contributed by atoms with van der Waals surface area (Å²) in [4.78, 5) is 17.0. The maximum Gasteiger partial charge on any atom is 0.319 e. The molecule has 236 valence electrons. The minimum absolute atomic E-state index is 0.0534. The number of hydrogen-bond acceptors (Lipinski definition) is 6. The Balaban J connectivity index is 1.46. The first-order valence-electron chi connectivity index (χ1n) is 14.8. The minimum atomic E-state index is -1.30. The average Bonchev–Trinajstić information content (AvgIpc) is 3.30. The van der Waals surface area contributed by atoms with Crippen LogP contribution in [0.15, 0.2) is 48.8 Å². The molecule has 0 spiro atoms. The topological polar surface area (TPSA) is 110 Å². The highest BCUT2D eigenvalue weighted by Crippen LogP contribution is 2.40. The summed E-state index contributed by atoms with van der Waals surface area (Å²) >= 11 is 0. The van der Waals surface area contributed by atoms with Gasteiger partial charge in [0.25, 0.3) is 0 Å². The van der Waals surface area contributed by atoms with E-state index >= 15 is 8.78 Å². The van der Waals surface area contributed by atoms with E-state index < -0.39 is 31.5 Å². The molecule has 3 heterocycles. The second-order valence-corrected chi connectivity index (χ2v) is 18.2. The van der Waals surface area contributed by atoms with Crippen LogP contribution in [0, 0.1) is 35.8 Å². The zero-order valence-corrected chi connectivity index (χ0v) is 27.0. The lowest BCUT2D eigenvalue weighted by molar-refractivity contribution is -0.0444. The number of pyridine rings is 1. The molecule has 5 rings (SSSR count). The van der Waals surface area contributed by atoms with E-state index in [9.17, 15) is 10.1 Å². The lowest BCUT2D eigenvalue weighted by Crippen LogP contribution is -2.47.